The second-order valence-corrected chi connectivity index (χ2v) is 6.64. The highest BCUT2D eigenvalue weighted by Crippen LogP contribution is 2.28. The predicted octanol–water partition coefficient (Wildman–Crippen LogP) is 3.14. The van der Waals surface area contributed by atoms with Gasteiger partial charge in [0.25, 0.3) is 0 Å². The van der Waals surface area contributed by atoms with E-state index in [9.17, 15) is 4.79 Å². The Morgan fingerprint density at radius 3 is 2.86 bits per heavy atom. The topological polar surface area (TPSA) is 42.4 Å². The molecule has 22 heavy (non-hydrogen) atoms. The number of amides is 1. The third-order valence-corrected chi connectivity index (χ3v) is 4.95. The lowest BCUT2D eigenvalue weighted by atomic mass is 9.91. The SMILES string of the molecule is C[C@@H]1CC[C@H](CCC(=O)N2CCC[C@H](c3ccncc3)C2)O1. The van der Waals surface area contributed by atoms with E-state index in [4.69, 9.17) is 4.74 Å². The fourth-order valence-corrected chi connectivity index (χ4v) is 3.65. The molecule has 2 saturated heterocycles. The van der Waals surface area contributed by atoms with Crippen LogP contribution in [0, 0.1) is 0 Å². The van der Waals surface area contributed by atoms with Gasteiger partial charge in [-0.3, -0.25) is 9.78 Å². The summed E-state index contributed by atoms with van der Waals surface area (Å²) in [5.74, 6) is 0.755. The van der Waals surface area contributed by atoms with Gasteiger partial charge in [0.1, 0.15) is 0 Å². The highest BCUT2D eigenvalue weighted by Gasteiger charge is 2.27. The summed E-state index contributed by atoms with van der Waals surface area (Å²) in [6.45, 7) is 3.87. The van der Waals surface area contributed by atoms with E-state index < -0.39 is 0 Å². The lowest BCUT2D eigenvalue weighted by molar-refractivity contribution is -0.133. The van der Waals surface area contributed by atoms with Crippen molar-refractivity contribution in [2.75, 3.05) is 13.1 Å². The van der Waals surface area contributed by atoms with E-state index in [1.54, 1.807) is 0 Å². The number of carbonyl (C=O) groups is 1. The van der Waals surface area contributed by atoms with Gasteiger partial charge in [-0.2, -0.15) is 0 Å². The second-order valence-electron chi connectivity index (χ2n) is 6.64. The third-order valence-electron chi connectivity index (χ3n) is 4.95. The summed E-state index contributed by atoms with van der Waals surface area (Å²) < 4.78 is 5.81. The van der Waals surface area contributed by atoms with Gasteiger partial charge in [0, 0.05) is 37.8 Å². The zero-order valence-corrected chi connectivity index (χ0v) is 13.4. The third kappa shape index (κ3) is 3.86. The molecule has 1 amide bonds. The molecule has 0 radical (unpaired) electrons. The number of rotatable bonds is 4. The van der Waals surface area contributed by atoms with E-state index in [-0.39, 0.29) is 0 Å². The van der Waals surface area contributed by atoms with Gasteiger partial charge in [0.05, 0.1) is 12.2 Å². The van der Waals surface area contributed by atoms with Crippen molar-refractivity contribution in [1.29, 1.82) is 0 Å². The van der Waals surface area contributed by atoms with Crippen molar-refractivity contribution in [3.8, 4) is 0 Å². The van der Waals surface area contributed by atoms with E-state index in [1.807, 2.05) is 17.3 Å². The van der Waals surface area contributed by atoms with Crippen molar-refractivity contribution >= 4 is 5.91 Å². The molecule has 1 aromatic rings. The maximum Gasteiger partial charge on any atom is 0.222 e. The molecule has 3 rings (SSSR count). The Bertz CT molecular complexity index is 491. The van der Waals surface area contributed by atoms with E-state index >= 15 is 0 Å². The number of pyridine rings is 1. The smallest absolute Gasteiger partial charge is 0.222 e. The van der Waals surface area contributed by atoms with Crippen LogP contribution in [0.4, 0.5) is 0 Å². The zero-order chi connectivity index (χ0) is 15.4. The molecule has 0 N–H and O–H groups in total. The number of nitrogens with zero attached hydrogens (tertiary/aromatic N) is 2. The first-order valence-electron chi connectivity index (χ1n) is 8.55. The van der Waals surface area contributed by atoms with Crippen LogP contribution in [0.5, 0.6) is 0 Å². The molecule has 0 aliphatic carbocycles. The van der Waals surface area contributed by atoms with E-state index in [0.29, 0.717) is 30.5 Å². The van der Waals surface area contributed by atoms with Crippen molar-refractivity contribution in [1.82, 2.24) is 9.88 Å². The van der Waals surface area contributed by atoms with Gasteiger partial charge in [-0.05, 0) is 56.7 Å². The molecule has 120 valence electrons. The zero-order valence-electron chi connectivity index (χ0n) is 13.4. The quantitative estimate of drug-likeness (QED) is 0.858. The van der Waals surface area contributed by atoms with Crippen molar-refractivity contribution in [2.45, 2.75) is 63.6 Å². The van der Waals surface area contributed by atoms with E-state index in [0.717, 1.165) is 45.2 Å². The summed E-state index contributed by atoms with van der Waals surface area (Å²) in [6, 6.07) is 4.15. The maximum atomic E-state index is 12.5. The number of likely N-dealkylation sites (tertiary alicyclic amines) is 1. The highest BCUT2D eigenvalue weighted by atomic mass is 16.5. The van der Waals surface area contributed by atoms with Gasteiger partial charge in [-0.25, -0.2) is 0 Å². The molecular weight excluding hydrogens is 276 g/mol. The number of ether oxygens (including phenoxy) is 1. The van der Waals surface area contributed by atoms with Crippen molar-refractivity contribution < 1.29 is 9.53 Å². The standard InChI is InChI=1S/C18H26N2O2/c1-14-4-5-17(22-14)6-7-18(21)20-12-2-3-16(13-20)15-8-10-19-11-9-15/h8-11,14,16-17H,2-7,12-13H2,1H3/t14-,16+,17-/m1/s1. The fraction of sp³-hybridized carbons (Fsp3) is 0.667. The summed E-state index contributed by atoms with van der Waals surface area (Å²) in [5.41, 5.74) is 1.31. The number of hydrogen-bond donors (Lipinski definition) is 0. The van der Waals surface area contributed by atoms with Crippen LogP contribution >= 0.6 is 0 Å². The number of carbonyl (C=O) groups excluding carboxylic acids is 1. The first-order chi connectivity index (χ1) is 10.7. The molecule has 4 nitrogen and oxygen atoms in total. The van der Waals surface area contributed by atoms with Crippen LogP contribution in [-0.2, 0) is 9.53 Å². The summed E-state index contributed by atoms with van der Waals surface area (Å²) >= 11 is 0. The van der Waals surface area contributed by atoms with Gasteiger partial charge in [-0.15, -0.1) is 0 Å². The van der Waals surface area contributed by atoms with Crippen molar-refractivity contribution in [2.24, 2.45) is 0 Å². The van der Waals surface area contributed by atoms with Crippen LogP contribution in [-0.4, -0.2) is 41.1 Å². The van der Waals surface area contributed by atoms with Crippen LogP contribution in [0.3, 0.4) is 0 Å². The molecular formula is C18H26N2O2. The minimum atomic E-state index is 0.291. The number of aromatic nitrogens is 1. The lowest BCUT2D eigenvalue weighted by Crippen LogP contribution is -2.39. The maximum absolute atomic E-state index is 12.5. The largest absolute Gasteiger partial charge is 0.375 e. The van der Waals surface area contributed by atoms with Gasteiger partial charge < -0.3 is 9.64 Å². The molecule has 0 unspecified atom stereocenters. The molecule has 2 aliphatic rings. The predicted molar refractivity (Wildman–Crippen MR) is 85.6 cm³/mol. The molecule has 0 spiro atoms. The Morgan fingerprint density at radius 1 is 1.32 bits per heavy atom. The Balaban J connectivity index is 1.50. The average molecular weight is 302 g/mol. The molecule has 1 aromatic heterocycles. The Hall–Kier alpha value is -1.42. The van der Waals surface area contributed by atoms with Gasteiger partial charge in [-0.1, -0.05) is 0 Å². The van der Waals surface area contributed by atoms with Crippen LogP contribution in [0.1, 0.15) is 56.9 Å². The molecule has 0 aromatic carbocycles. The lowest BCUT2D eigenvalue weighted by Gasteiger charge is -2.33. The summed E-state index contributed by atoms with van der Waals surface area (Å²) in [6.07, 6.45) is 10.3. The Kier molecular flexibility index (Phi) is 5.08. The molecule has 0 saturated carbocycles. The number of piperidine rings is 1. The fourth-order valence-electron chi connectivity index (χ4n) is 3.65. The van der Waals surface area contributed by atoms with Crippen LogP contribution in [0.15, 0.2) is 24.5 Å². The minimum Gasteiger partial charge on any atom is -0.375 e. The molecule has 4 heteroatoms. The molecule has 3 heterocycles. The first-order valence-corrected chi connectivity index (χ1v) is 8.55. The molecule has 3 atom stereocenters. The summed E-state index contributed by atoms with van der Waals surface area (Å²) in [7, 11) is 0. The molecule has 2 fully saturated rings. The highest BCUT2D eigenvalue weighted by molar-refractivity contribution is 5.76. The Labute approximate surface area is 132 Å². The molecule has 0 bridgehead atoms. The van der Waals surface area contributed by atoms with Gasteiger partial charge in [0.2, 0.25) is 5.91 Å². The van der Waals surface area contributed by atoms with Crippen LogP contribution in [0.2, 0.25) is 0 Å². The van der Waals surface area contributed by atoms with Crippen molar-refractivity contribution in [3.05, 3.63) is 30.1 Å². The van der Waals surface area contributed by atoms with E-state index in [1.165, 1.54) is 5.56 Å². The number of hydrogen-bond acceptors (Lipinski definition) is 3. The monoisotopic (exact) mass is 302 g/mol. The normalized spacial score (nSPS) is 28.8. The van der Waals surface area contributed by atoms with Gasteiger partial charge >= 0.3 is 0 Å². The second kappa shape index (κ2) is 7.23. The van der Waals surface area contributed by atoms with Crippen molar-refractivity contribution in [3.63, 3.8) is 0 Å². The van der Waals surface area contributed by atoms with Crippen LogP contribution in [0.25, 0.3) is 0 Å². The first kappa shape index (κ1) is 15.5. The van der Waals surface area contributed by atoms with Crippen LogP contribution < -0.4 is 0 Å². The molecule has 2 aliphatic heterocycles. The Morgan fingerprint density at radius 2 is 2.14 bits per heavy atom. The summed E-state index contributed by atoms with van der Waals surface area (Å²) in [5, 5.41) is 0. The minimum absolute atomic E-state index is 0.291. The average Bonchev–Trinajstić information content (AvgIpc) is 2.99. The van der Waals surface area contributed by atoms with E-state index in [2.05, 4.69) is 24.0 Å². The van der Waals surface area contributed by atoms with Gasteiger partial charge in [0.15, 0.2) is 0 Å². The summed E-state index contributed by atoms with van der Waals surface area (Å²) in [4.78, 5) is 18.6.